The molecule has 1 aromatic carbocycles. The maximum Gasteiger partial charge on any atom is 0.256 e. The molecule has 2 atom stereocenters. The highest BCUT2D eigenvalue weighted by Gasteiger charge is 2.44. The van der Waals surface area contributed by atoms with Gasteiger partial charge in [-0.2, -0.15) is 15.0 Å². The van der Waals surface area contributed by atoms with Gasteiger partial charge in [0.2, 0.25) is 0 Å². The van der Waals surface area contributed by atoms with Crippen molar-refractivity contribution in [3.63, 3.8) is 0 Å². The second-order valence-electron chi connectivity index (χ2n) is 7.64. The Morgan fingerprint density at radius 2 is 1.97 bits per heavy atom. The number of benzene rings is 1. The number of halogens is 1. The molecule has 1 amide bonds. The van der Waals surface area contributed by atoms with Crippen molar-refractivity contribution < 1.29 is 9.18 Å². The van der Waals surface area contributed by atoms with E-state index in [0.717, 1.165) is 24.5 Å². The van der Waals surface area contributed by atoms with Gasteiger partial charge in [-0.15, -0.1) is 0 Å². The van der Waals surface area contributed by atoms with Gasteiger partial charge in [0.05, 0.1) is 29.7 Å². The summed E-state index contributed by atoms with van der Waals surface area (Å²) in [6.07, 6.45) is 4.00. The van der Waals surface area contributed by atoms with Crippen LogP contribution < -0.4 is 4.90 Å². The first-order chi connectivity index (χ1) is 14.1. The Morgan fingerprint density at radius 3 is 2.76 bits per heavy atom. The van der Waals surface area contributed by atoms with Crippen LogP contribution in [0.5, 0.6) is 0 Å². The van der Waals surface area contributed by atoms with E-state index in [9.17, 15) is 9.18 Å². The Labute approximate surface area is 167 Å². The maximum absolute atomic E-state index is 14.0. The smallest absolute Gasteiger partial charge is 0.256 e. The van der Waals surface area contributed by atoms with Gasteiger partial charge in [0.1, 0.15) is 11.6 Å². The minimum absolute atomic E-state index is 0.195. The molecule has 0 N–H and O–H groups in total. The first kappa shape index (κ1) is 17.8. The largest absolute Gasteiger partial charge is 0.351 e. The maximum atomic E-state index is 14.0. The number of hydrogen-bond acceptors (Lipinski definition) is 5. The predicted octanol–water partition coefficient (Wildman–Crippen LogP) is 2.46. The molecule has 29 heavy (non-hydrogen) atoms. The third-order valence-electron chi connectivity index (χ3n) is 5.83. The standard InChI is InChI=1S/C21H21FN6O/c1-14-3-2-4-20(25-14)27-12-15-7-10-26(13-19(15)27)21(29)17-11-16(22)5-6-18(17)28-23-8-9-24-28/h2-6,8-9,11,15,19H,7,10,12-13H2,1H3. The molecule has 2 saturated heterocycles. The van der Waals surface area contributed by atoms with Crippen molar-refractivity contribution in [3.8, 4) is 5.69 Å². The van der Waals surface area contributed by atoms with Crippen molar-refractivity contribution in [2.45, 2.75) is 19.4 Å². The van der Waals surface area contributed by atoms with Gasteiger partial charge >= 0.3 is 0 Å². The highest BCUT2D eigenvalue weighted by Crippen LogP contribution is 2.36. The van der Waals surface area contributed by atoms with Crippen LogP contribution >= 0.6 is 0 Å². The number of hydrogen-bond donors (Lipinski definition) is 0. The molecule has 8 heteroatoms. The number of amides is 1. The van der Waals surface area contributed by atoms with E-state index in [-0.39, 0.29) is 17.5 Å². The fourth-order valence-electron chi connectivity index (χ4n) is 4.30. The van der Waals surface area contributed by atoms with Crippen molar-refractivity contribution in [1.82, 2.24) is 24.9 Å². The summed E-state index contributed by atoms with van der Waals surface area (Å²) >= 11 is 0. The number of nitrogens with zero attached hydrogens (tertiary/aromatic N) is 6. The fourth-order valence-corrected chi connectivity index (χ4v) is 4.30. The highest BCUT2D eigenvalue weighted by molar-refractivity contribution is 5.98. The van der Waals surface area contributed by atoms with Crippen molar-refractivity contribution >= 4 is 11.7 Å². The van der Waals surface area contributed by atoms with Crippen LogP contribution in [0.4, 0.5) is 10.2 Å². The number of fused-ring (bicyclic) bond motifs is 1. The van der Waals surface area contributed by atoms with E-state index >= 15 is 0 Å². The molecule has 2 aliphatic rings. The van der Waals surface area contributed by atoms with Crippen molar-refractivity contribution in [2.75, 3.05) is 24.5 Å². The van der Waals surface area contributed by atoms with Gasteiger partial charge in [0.15, 0.2) is 0 Å². The molecule has 2 fully saturated rings. The number of aryl methyl sites for hydroxylation is 1. The topological polar surface area (TPSA) is 67.2 Å². The Bertz CT molecular complexity index is 1050. The molecule has 2 aromatic heterocycles. The van der Waals surface area contributed by atoms with Gasteiger partial charge in [-0.1, -0.05) is 6.07 Å². The third kappa shape index (κ3) is 3.14. The molecule has 0 saturated carbocycles. The van der Waals surface area contributed by atoms with E-state index in [1.54, 1.807) is 6.07 Å². The van der Waals surface area contributed by atoms with Gasteiger partial charge in [-0.25, -0.2) is 9.37 Å². The summed E-state index contributed by atoms with van der Waals surface area (Å²) in [7, 11) is 0. The summed E-state index contributed by atoms with van der Waals surface area (Å²) in [6, 6.07) is 10.4. The van der Waals surface area contributed by atoms with Crippen LogP contribution in [0, 0.1) is 18.7 Å². The molecule has 0 aliphatic carbocycles. The van der Waals surface area contributed by atoms with Crippen LogP contribution in [0.2, 0.25) is 0 Å². The average molecular weight is 392 g/mol. The quantitative estimate of drug-likeness (QED) is 0.685. The lowest BCUT2D eigenvalue weighted by Crippen LogP contribution is -2.65. The van der Waals surface area contributed by atoms with Gasteiger partial charge in [-0.3, -0.25) is 4.79 Å². The molecular weight excluding hydrogens is 371 g/mol. The molecule has 7 nitrogen and oxygen atoms in total. The second kappa shape index (κ2) is 6.95. The van der Waals surface area contributed by atoms with E-state index in [1.807, 2.05) is 30.0 Å². The molecule has 0 radical (unpaired) electrons. The molecule has 2 aliphatic heterocycles. The lowest BCUT2D eigenvalue weighted by molar-refractivity contribution is 0.0590. The second-order valence-corrected chi connectivity index (χ2v) is 7.64. The number of rotatable bonds is 3. The van der Waals surface area contributed by atoms with Crippen LogP contribution in [0.3, 0.4) is 0 Å². The number of pyridine rings is 1. The monoisotopic (exact) mass is 392 g/mol. The lowest BCUT2D eigenvalue weighted by atomic mass is 9.82. The molecule has 148 valence electrons. The fraction of sp³-hybridized carbons (Fsp3) is 0.333. The van der Waals surface area contributed by atoms with Gasteiger partial charge in [0.25, 0.3) is 5.91 Å². The van der Waals surface area contributed by atoms with E-state index < -0.39 is 5.82 Å². The van der Waals surface area contributed by atoms with E-state index in [0.29, 0.717) is 24.7 Å². The molecule has 5 rings (SSSR count). The van der Waals surface area contributed by atoms with Gasteiger partial charge in [0, 0.05) is 31.2 Å². The van der Waals surface area contributed by atoms with Crippen molar-refractivity contribution in [1.29, 1.82) is 0 Å². The number of likely N-dealkylation sites (tertiary alicyclic amines) is 1. The van der Waals surface area contributed by atoms with Crippen LogP contribution in [0.1, 0.15) is 22.5 Å². The molecular formula is C21H21FN6O. The van der Waals surface area contributed by atoms with E-state index in [2.05, 4.69) is 20.1 Å². The third-order valence-corrected chi connectivity index (χ3v) is 5.83. The Morgan fingerprint density at radius 1 is 1.14 bits per heavy atom. The van der Waals surface area contributed by atoms with E-state index in [4.69, 9.17) is 0 Å². The number of anilines is 1. The van der Waals surface area contributed by atoms with Crippen LogP contribution in [0.25, 0.3) is 5.69 Å². The molecule has 0 spiro atoms. The summed E-state index contributed by atoms with van der Waals surface area (Å²) in [5.41, 5.74) is 1.74. The average Bonchev–Trinajstić information content (AvgIpc) is 3.23. The van der Waals surface area contributed by atoms with Crippen molar-refractivity contribution in [3.05, 3.63) is 65.9 Å². The summed E-state index contributed by atoms with van der Waals surface area (Å²) in [4.78, 5) is 23.4. The normalized spacial score (nSPS) is 20.9. The molecule has 0 bridgehead atoms. The first-order valence-electron chi connectivity index (χ1n) is 9.76. The van der Waals surface area contributed by atoms with E-state index in [1.165, 1.54) is 29.3 Å². The molecule has 3 aromatic rings. The van der Waals surface area contributed by atoms with Gasteiger partial charge < -0.3 is 9.80 Å². The lowest BCUT2D eigenvalue weighted by Gasteiger charge is -2.54. The van der Waals surface area contributed by atoms with Crippen LogP contribution in [0.15, 0.2) is 48.8 Å². The summed E-state index contributed by atoms with van der Waals surface area (Å²) in [5, 5.41) is 8.20. The zero-order chi connectivity index (χ0) is 20.0. The summed E-state index contributed by atoms with van der Waals surface area (Å²) < 4.78 is 14.0. The SMILES string of the molecule is Cc1cccc(N2CC3CCN(C(=O)c4cc(F)ccc4-n4nccn4)CC32)n1. The zero-order valence-electron chi connectivity index (χ0n) is 16.1. The molecule has 2 unspecified atom stereocenters. The number of piperidine rings is 1. The molecule has 4 heterocycles. The Kier molecular flexibility index (Phi) is 4.26. The summed E-state index contributed by atoms with van der Waals surface area (Å²) in [6.45, 7) is 4.21. The van der Waals surface area contributed by atoms with Crippen molar-refractivity contribution in [2.24, 2.45) is 5.92 Å². The van der Waals surface area contributed by atoms with Crippen LogP contribution in [-0.4, -0.2) is 56.5 Å². The minimum Gasteiger partial charge on any atom is -0.351 e. The number of aromatic nitrogens is 4. The number of carbonyl (C=O) groups excluding carboxylic acids is 1. The highest BCUT2D eigenvalue weighted by atomic mass is 19.1. The Balaban J connectivity index is 1.40. The first-order valence-corrected chi connectivity index (χ1v) is 9.76. The minimum atomic E-state index is -0.451. The van der Waals surface area contributed by atoms with Gasteiger partial charge in [-0.05, 0) is 43.7 Å². The predicted molar refractivity (Wildman–Crippen MR) is 105 cm³/mol. The number of carbonyl (C=O) groups is 1. The summed E-state index contributed by atoms with van der Waals surface area (Å²) in [5.74, 6) is 0.863. The van der Waals surface area contributed by atoms with Crippen LogP contribution in [-0.2, 0) is 0 Å². The Hall–Kier alpha value is -3.29. The zero-order valence-corrected chi connectivity index (χ0v) is 16.1.